The molecule has 0 aliphatic rings. The van der Waals surface area contributed by atoms with Crippen molar-refractivity contribution >= 4 is 40.6 Å². The van der Waals surface area contributed by atoms with Gasteiger partial charge in [0.25, 0.3) is 11.8 Å². The molecule has 2 amide bonds. The summed E-state index contributed by atoms with van der Waals surface area (Å²) in [4.78, 5) is 37.1. The Bertz CT molecular complexity index is 1370. The Kier molecular flexibility index (Phi) is 6.80. The molecule has 0 radical (unpaired) electrons. The van der Waals surface area contributed by atoms with Crippen LogP contribution in [0, 0.1) is 0 Å². The first-order chi connectivity index (χ1) is 16.6. The highest BCUT2D eigenvalue weighted by Gasteiger charge is 2.34. The summed E-state index contributed by atoms with van der Waals surface area (Å²) in [6.07, 6.45) is 3.56. The van der Waals surface area contributed by atoms with Gasteiger partial charge in [0.2, 0.25) is 0 Å². The Morgan fingerprint density at radius 3 is 2.66 bits per heavy atom. The molecule has 14 heteroatoms. The zero-order valence-corrected chi connectivity index (χ0v) is 19.3. The highest BCUT2D eigenvalue weighted by molar-refractivity contribution is 7.13. The molecule has 4 heterocycles. The number of pyridine rings is 2. The number of alkyl halides is 3. The number of thiazole rings is 1. The molecule has 0 saturated heterocycles. The van der Waals surface area contributed by atoms with Crippen LogP contribution >= 0.6 is 22.9 Å². The minimum absolute atomic E-state index is 0.121. The lowest BCUT2D eigenvalue weighted by molar-refractivity contribution is -0.137. The second-order valence-electron chi connectivity index (χ2n) is 7.14. The number of hydrogen-bond donors (Lipinski definition) is 2. The third-order valence-electron chi connectivity index (χ3n) is 4.62. The van der Waals surface area contributed by atoms with Crippen molar-refractivity contribution in [2.75, 3.05) is 5.32 Å². The maximum Gasteiger partial charge on any atom is 0.418 e. The Labute approximate surface area is 205 Å². The maximum absolute atomic E-state index is 13.0. The molecule has 180 valence electrons. The van der Waals surface area contributed by atoms with Crippen LogP contribution in [-0.4, -0.2) is 36.5 Å². The van der Waals surface area contributed by atoms with E-state index in [2.05, 4.69) is 30.7 Å². The number of aromatic nitrogens is 5. The average Bonchev–Trinajstić information content (AvgIpc) is 3.51. The smallest absolute Gasteiger partial charge is 0.343 e. The van der Waals surface area contributed by atoms with Gasteiger partial charge in [-0.3, -0.25) is 14.6 Å². The average molecular weight is 522 g/mol. The van der Waals surface area contributed by atoms with Crippen molar-refractivity contribution in [1.82, 2.24) is 30.0 Å². The molecule has 0 aliphatic heterocycles. The summed E-state index contributed by atoms with van der Waals surface area (Å²) in [6, 6.07) is 3.63. The van der Waals surface area contributed by atoms with Gasteiger partial charge in [-0.15, -0.1) is 11.3 Å². The first kappa shape index (κ1) is 24.3. The summed E-state index contributed by atoms with van der Waals surface area (Å²) in [5.74, 6) is -1.42. The van der Waals surface area contributed by atoms with Crippen LogP contribution < -0.4 is 10.6 Å². The summed E-state index contributed by atoms with van der Waals surface area (Å²) < 4.78 is 40.6. The minimum Gasteiger partial charge on any atom is -0.343 e. The zero-order valence-electron chi connectivity index (χ0n) is 17.7. The molecule has 9 nitrogen and oxygen atoms in total. The van der Waals surface area contributed by atoms with E-state index in [1.807, 2.05) is 0 Å². The summed E-state index contributed by atoms with van der Waals surface area (Å²) in [7, 11) is 0. The number of rotatable bonds is 6. The Hall–Kier alpha value is -3.84. The monoisotopic (exact) mass is 521 g/mol. The molecule has 0 spiro atoms. The summed E-state index contributed by atoms with van der Waals surface area (Å²) in [5, 5.41) is 9.05. The molecule has 0 saturated carbocycles. The van der Waals surface area contributed by atoms with Gasteiger partial charge in [-0.1, -0.05) is 11.6 Å². The van der Waals surface area contributed by atoms with Crippen molar-refractivity contribution in [2.24, 2.45) is 0 Å². The minimum atomic E-state index is -4.70. The van der Waals surface area contributed by atoms with E-state index in [-0.39, 0.29) is 10.7 Å². The molecule has 4 aromatic heterocycles. The van der Waals surface area contributed by atoms with Crippen LogP contribution in [0.5, 0.6) is 0 Å². The van der Waals surface area contributed by atoms with Gasteiger partial charge < -0.3 is 10.6 Å². The number of nitrogens with one attached hydrogen (secondary N) is 2. The molecule has 4 rings (SSSR count). The van der Waals surface area contributed by atoms with Crippen LogP contribution in [0.15, 0.2) is 55.4 Å². The van der Waals surface area contributed by atoms with Gasteiger partial charge in [-0.05, 0) is 25.1 Å². The van der Waals surface area contributed by atoms with E-state index in [1.165, 1.54) is 17.1 Å². The number of halogens is 4. The lowest BCUT2D eigenvalue weighted by Gasteiger charge is -2.11. The van der Waals surface area contributed by atoms with Crippen molar-refractivity contribution in [3.05, 3.63) is 81.4 Å². The fourth-order valence-electron chi connectivity index (χ4n) is 2.91. The van der Waals surface area contributed by atoms with Crippen LogP contribution in [0.2, 0.25) is 5.02 Å². The SMILES string of the molecule is C[C@@H](NC(=O)c1cnn(-c2cccnc2)c1)c1ncc(C(=O)Nc2cc(C(F)(F)F)c(Cl)cn2)s1. The predicted octanol–water partition coefficient (Wildman–Crippen LogP) is 4.53. The Balaban J connectivity index is 1.41. The van der Waals surface area contributed by atoms with Crippen LogP contribution in [-0.2, 0) is 6.18 Å². The third kappa shape index (κ3) is 5.63. The van der Waals surface area contributed by atoms with E-state index >= 15 is 0 Å². The van der Waals surface area contributed by atoms with E-state index in [4.69, 9.17) is 11.6 Å². The van der Waals surface area contributed by atoms with E-state index in [1.54, 1.807) is 37.6 Å². The lowest BCUT2D eigenvalue weighted by atomic mass is 10.2. The molecule has 0 aliphatic carbocycles. The van der Waals surface area contributed by atoms with E-state index < -0.39 is 34.6 Å². The number of nitrogens with zero attached hydrogens (tertiary/aromatic N) is 5. The molecular formula is C21H15ClF3N7O2S. The van der Waals surface area contributed by atoms with E-state index in [9.17, 15) is 22.8 Å². The first-order valence-corrected chi connectivity index (χ1v) is 11.1. The van der Waals surface area contributed by atoms with Gasteiger partial charge in [0, 0.05) is 18.6 Å². The first-order valence-electron chi connectivity index (χ1n) is 9.87. The van der Waals surface area contributed by atoms with Gasteiger partial charge in [0.1, 0.15) is 15.7 Å². The highest BCUT2D eigenvalue weighted by Crippen LogP contribution is 2.35. The largest absolute Gasteiger partial charge is 0.418 e. The van der Waals surface area contributed by atoms with Gasteiger partial charge in [-0.2, -0.15) is 18.3 Å². The summed E-state index contributed by atoms with van der Waals surface area (Å²) in [5.41, 5.74) is -0.116. The van der Waals surface area contributed by atoms with Gasteiger partial charge >= 0.3 is 6.18 Å². The van der Waals surface area contributed by atoms with Gasteiger partial charge in [0.15, 0.2) is 0 Å². The predicted molar refractivity (Wildman–Crippen MR) is 122 cm³/mol. The molecular weight excluding hydrogens is 507 g/mol. The van der Waals surface area contributed by atoms with Crippen LogP contribution in [0.1, 0.15) is 43.6 Å². The molecule has 0 unspecified atom stereocenters. The summed E-state index contributed by atoms with van der Waals surface area (Å²) >= 11 is 6.52. The molecule has 0 aromatic carbocycles. The van der Waals surface area contributed by atoms with Gasteiger partial charge in [-0.25, -0.2) is 14.6 Å². The molecule has 0 bridgehead atoms. The van der Waals surface area contributed by atoms with Crippen molar-refractivity contribution in [3.8, 4) is 5.69 Å². The maximum atomic E-state index is 13.0. The molecule has 4 aromatic rings. The standard InChI is InChI=1S/C21H15ClF3N7O2S/c1-11(30-18(33)12-6-29-32(10-12)13-3-2-4-26-7-13)20-28-9-16(35-20)19(34)31-17-5-14(21(23,24)25)15(22)8-27-17/h2-11H,1H3,(H,30,33)(H,27,31,34)/t11-/m1/s1. The summed E-state index contributed by atoms with van der Waals surface area (Å²) in [6.45, 7) is 1.68. The van der Waals surface area contributed by atoms with Crippen LogP contribution in [0.4, 0.5) is 19.0 Å². The van der Waals surface area contributed by atoms with Crippen molar-refractivity contribution < 1.29 is 22.8 Å². The second-order valence-corrected chi connectivity index (χ2v) is 8.61. The fraction of sp³-hybridized carbons (Fsp3) is 0.143. The number of amides is 2. The molecule has 0 fully saturated rings. The van der Waals surface area contributed by atoms with Gasteiger partial charge in [0.05, 0.1) is 46.5 Å². The number of carbonyl (C=O) groups excluding carboxylic acids is 2. The topological polar surface area (TPSA) is 115 Å². The molecule has 1 atom stereocenters. The highest BCUT2D eigenvalue weighted by atomic mass is 35.5. The van der Waals surface area contributed by atoms with Crippen molar-refractivity contribution in [3.63, 3.8) is 0 Å². The normalized spacial score (nSPS) is 12.3. The quantitative estimate of drug-likeness (QED) is 0.385. The van der Waals surface area contributed by atoms with Crippen LogP contribution in [0.25, 0.3) is 5.69 Å². The van der Waals surface area contributed by atoms with Crippen molar-refractivity contribution in [1.29, 1.82) is 0 Å². The number of hydrogen-bond acceptors (Lipinski definition) is 7. The zero-order chi connectivity index (χ0) is 25.2. The second kappa shape index (κ2) is 9.80. The molecule has 35 heavy (non-hydrogen) atoms. The third-order valence-corrected chi connectivity index (χ3v) is 6.10. The Morgan fingerprint density at radius 2 is 1.94 bits per heavy atom. The number of carbonyl (C=O) groups is 2. The number of anilines is 1. The van der Waals surface area contributed by atoms with E-state index in [0.29, 0.717) is 22.3 Å². The fourth-order valence-corrected chi connectivity index (χ4v) is 3.93. The Morgan fingerprint density at radius 1 is 1.14 bits per heavy atom. The molecule has 2 N–H and O–H groups in total. The van der Waals surface area contributed by atoms with Crippen molar-refractivity contribution in [2.45, 2.75) is 19.1 Å². The van der Waals surface area contributed by atoms with Crippen LogP contribution in [0.3, 0.4) is 0 Å². The lowest BCUT2D eigenvalue weighted by Crippen LogP contribution is -2.26. The van der Waals surface area contributed by atoms with E-state index in [0.717, 1.165) is 17.5 Å².